The second-order valence-electron chi connectivity index (χ2n) is 5.05. The van der Waals surface area contributed by atoms with Crippen molar-refractivity contribution in [2.75, 3.05) is 6.54 Å². The van der Waals surface area contributed by atoms with Crippen LogP contribution in [0.5, 0.6) is 0 Å². The van der Waals surface area contributed by atoms with Crippen LogP contribution in [-0.4, -0.2) is 11.5 Å². The number of para-hydroxylation sites is 1. The molecule has 22 heavy (non-hydrogen) atoms. The molecule has 0 bridgehead atoms. The first-order valence-electron chi connectivity index (χ1n) is 7.04. The van der Waals surface area contributed by atoms with E-state index in [-0.39, 0.29) is 0 Å². The molecule has 0 aliphatic heterocycles. The minimum Gasteiger partial charge on any atom is -0.361 e. The summed E-state index contributed by atoms with van der Waals surface area (Å²) < 4.78 is 3.57. The molecule has 0 aliphatic carbocycles. The summed E-state index contributed by atoms with van der Waals surface area (Å²) in [7, 11) is 0. The Kier molecular flexibility index (Phi) is 3.74. The first-order valence-corrected chi connectivity index (χ1v) is 9.05. The Labute approximate surface area is 140 Å². The van der Waals surface area contributed by atoms with E-state index in [1.54, 1.807) is 22.7 Å². The highest BCUT2D eigenvalue weighted by atomic mass is 35.5. The quantitative estimate of drug-likeness (QED) is 0.526. The third kappa shape index (κ3) is 2.70. The van der Waals surface area contributed by atoms with E-state index in [4.69, 9.17) is 16.6 Å². The van der Waals surface area contributed by atoms with Gasteiger partial charge < -0.3 is 4.98 Å². The van der Waals surface area contributed by atoms with Crippen LogP contribution in [0.2, 0.25) is 5.02 Å². The molecule has 1 N–H and O–H groups in total. The fourth-order valence-corrected chi connectivity index (χ4v) is 5.06. The Morgan fingerprint density at radius 1 is 1.05 bits per heavy atom. The summed E-state index contributed by atoms with van der Waals surface area (Å²) in [5, 5.41) is 2.08. The van der Waals surface area contributed by atoms with E-state index in [9.17, 15) is 0 Å². The lowest BCUT2D eigenvalue weighted by Gasteiger charge is -1.94. The smallest absolute Gasteiger partial charge is 0.167 e. The van der Waals surface area contributed by atoms with Gasteiger partial charge in [-0.05, 0) is 36.2 Å². The topological polar surface area (TPSA) is 28.1 Å². The number of nitrogens with one attached hydrogen (secondary N) is 1. The van der Waals surface area contributed by atoms with E-state index in [2.05, 4.69) is 41.5 Å². The average molecular weight is 345 g/mol. The molecule has 0 radical (unpaired) electrons. The number of hydrogen-bond donors (Lipinski definition) is 1. The van der Waals surface area contributed by atoms with E-state index >= 15 is 0 Å². The number of fused-ring (bicyclic) bond motifs is 2. The van der Waals surface area contributed by atoms with Crippen molar-refractivity contribution >= 4 is 54.6 Å². The molecule has 4 aromatic rings. The SMILES string of the molecule is Clc1ccc2sc(=NCCc3c[nH]c4ccccc34)sc2c1. The molecule has 5 heteroatoms. The highest BCUT2D eigenvalue weighted by molar-refractivity contribution is 7.35. The number of aromatic nitrogens is 1. The summed E-state index contributed by atoms with van der Waals surface area (Å²) in [6.07, 6.45) is 3.04. The maximum absolute atomic E-state index is 6.03. The number of rotatable bonds is 3. The van der Waals surface area contributed by atoms with E-state index < -0.39 is 0 Å². The van der Waals surface area contributed by atoms with Crippen molar-refractivity contribution in [3.05, 3.63) is 63.2 Å². The normalized spacial score (nSPS) is 12.5. The maximum atomic E-state index is 6.03. The molecule has 0 aliphatic rings. The Bertz CT molecular complexity index is 1010. The molecule has 2 aromatic carbocycles. The van der Waals surface area contributed by atoms with Gasteiger partial charge in [-0.25, -0.2) is 0 Å². The second-order valence-corrected chi connectivity index (χ2v) is 7.81. The van der Waals surface area contributed by atoms with Crippen molar-refractivity contribution in [2.45, 2.75) is 6.42 Å². The van der Waals surface area contributed by atoms with Gasteiger partial charge in [0.15, 0.2) is 3.98 Å². The summed E-state index contributed by atoms with van der Waals surface area (Å²) in [6.45, 7) is 0.804. The van der Waals surface area contributed by atoms with Gasteiger partial charge in [-0.1, -0.05) is 29.8 Å². The second kappa shape index (κ2) is 5.88. The fraction of sp³-hybridized carbons (Fsp3) is 0.118. The van der Waals surface area contributed by atoms with Gasteiger partial charge in [0, 0.05) is 38.1 Å². The van der Waals surface area contributed by atoms with Crippen molar-refractivity contribution in [3.8, 4) is 0 Å². The predicted molar refractivity (Wildman–Crippen MR) is 97.1 cm³/mol. The van der Waals surface area contributed by atoms with Crippen LogP contribution < -0.4 is 3.98 Å². The highest BCUT2D eigenvalue weighted by Crippen LogP contribution is 2.24. The van der Waals surface area contributed by atoms with Crippen LogP contribution in [0, 0.1) is 0 Å². The molecule has 2 aromatic heterocycles. The van der Waals surface area contributed by atoms with Crippen LogP contribution in [0.15, 0.2) is 53.7 Å². The standard InChI is InChI=1S/C17H13ClN2S2/c18-12-5-6-15-16(9-12)22-17(21-15)19-8-7-11-10-20-14-4-2-1-3-13(11)14/h1-6,9-10,20H,7-8H2. The van der Waals surface area contributed by atoms with E-state index in [1.807, 2.05) is 12.1 Å². The first kappa shape index (κ1) is 14.0. The number of hydrogen-bond acceptors (Lipinski definition) is 3. The largest absolute Gasteiger partial charge is 0.361 e. The Morgan fingerprint density at radius 3 is 2.86 bits per heavy atom. The van der Waals surface area contributed by atoms with Crippen LogP contribution in [0.1, 0.15) is 5.56 Å². The van der Waals surface area contributed by atoms with Crippen molar-refractivity contribution in [1.29, 1.82) is 0 Å². The minimum atomic E-state index is 0.784. The lowest BCUT2D eigenvalue weighted by Crippen LogP contribution is -1.94. The summed E-state index contributed by atoms with van der Waals surface area (Å²) in [5.41, 5.74) is 2.52. The van der Waals surface area contributed by atoms with Crippen molar-refractivity contribution in [2.24, 2.45) is 4.99 Å². The molecular formula is C17H13ClN2S2. The predicted octanol–water partition coefficient (Wildman–Crippen LogP) is 5.24. The zero-order chi connectivity index (χ0) is 14.9. The van der Waals surface area contributed by atoms with Crippen molar-refractivity contribution in [3.63, 3.8) is 0 Å². The molecule has 2 nitrogen and oxygen atoms in total. The van der Waals surface area contributed by atoms with Gasteiger partial charge in [0.25, 0.3) is 0 Å². The summed E-state index contributed by atoms with van der Waals surface area (Å²) in [4.78, 5) is 8.05. The number of benzene rings is 2. The van der Waals surface area contributed by atoms with Crippen LogP contribution in [0.4, 0.5) is 0 Å². The van der Waals surface area contributed by atoms with E-state index in [1.165, 1.54) is 25.9 Å². The molecule has 0 unspecified atom stereocenters. The molecule has 0 amide bonds. The number of halogens is 1. The molecule has 110 valence electrons. The molecule has 0 saturated carbocycles. The van der Waals surface area contributed by atoms with Gasteiger partial charge in [-0.2, -0.15) is 0 Å². The minimum absolute atomic E-state index is 0.784. The highest BCUT2D eigenvalue weighted by Gasteiger charge is 2.02. The van der Waals surface area contributed by atoms with E-state index in [0.29, 0.717) is 0 Å². The van der Waals surface area contributed by atoms with Gasteiger partial charge in [0.2, 0.25) is 0 Å². The number of H-pyrrole nitrogens is 1. The lowest BCUT2D eigenvalue weighted by molar-refractivity contribution is 0.956. The zero-order valence-electron chi connectivity index (χ0n) is 11.7. The third-order valence-corrected chi connectivity index (χ3v) is 6.20. The van der Waals surface area contributed by atoms with Crippen molar-refractivity contribution < 1.29 is 0 Å². The molecule has 4 rings (SSSR count). The van der Waals surface area contributed by atoms with Gasteiger partial charge >= 0.3 is 0 Å². The van der Waals surface area contributed by atoms with Gasteiger partial charge in [-0.15, -0.1) is 22.7 Å². The monoisotopic (exact) mass is 344 g/mol. The number of aromatic amines is 1. The van der Waals surface area contributed by atoms with Crippen LogP contribution in [-0.2, 0) is 6.42 Å². The van der Waals surface area contributed by atoms with Gasteiger partial charge in [0.1, 0.15) is 0 Å². The molecule has 0 spiro atoms. The lowest BCUT2D eigenvalue weighted by atomic mass is 10.1. The fourth-order valence-electron chi connectivity index (χ4n) is 2.53. The third-order valence-electron chi connectivity index (χ3n) is 3.60. The zero-order valence-corrected chi connectivity index (χ0v) is 14.1. The van der Waals surface area contributed by atoms with Crippen LogP contribution in [0.25, 0.3) is 20.3 Å². The van der Waals surface area contributed by atoms with E-state index in [0.717, 1.165) is 22.0 Å². The number of nitrogens with zero attached hydrogens (tertiary/aromatic N) is 1. The van der Waals surface area contributed by atoms with Crippen LogP contribution >= 0.6 is 34.3 Å². The maximum Gasteiger partial charge on any atom is 0.167 e. The first-order chi connectivity index (χ1) is 10.8. The molecular weight excluding hydrogens is 332 g/mol. The Hall–Kier alpha value is -1.62. The summed E-state index contributed by atoms with van der Waals surface area (Å²) in [5.74, 6) is 0. The summed E-state index contributed by atoms with van der Waals surface area (Å²) in [6, 6.07) is 14.4. The molecule has 0 fully saturated rings. The Morgan fingerprint density at radius 2 is 1.91 bits per heavy atom. The molecule has 0 atom stereocenters. The van der Waals surface area contributed by atoms with Crippen LogP contribution in [0.3, 0.4) is 0 Å². The Balaban J connectivity index is 1.58. The van der Waals surface area contributed by atoms with Crippen molar-refractivity contribution in [1.82, 2.24) is 4.98 Å². The van der Waals surface area contributed by atoms with Gasteiger partial charge in [0.05, 0.1) is 0 Å². The molecule has 0 saturated heterocycles. The molecule has 2 heterocycles. The average Bonchev–Trinajstić information content (AvgIpc) is 3.11. The van der Waals surface area contributed by atoms with Gasteiger partial charge in [-0.3, -0.25) is 4.99 Å². The summed E-state index contributed by atoms with van der Waals surface area (Å²) >= 11 is 9.48.